The van der Waals surface area contributed by atoms with Crippen molar-refractivity contribution in [2.45, 2.75) is 11.4 Å². The molecule has 21 heavy (non-hydrogen) atoms. The molecule has 0 aliphatic carbocycles. The van der Waals surface area contributed by atoms with E-state index < -0.39 is 10.0 Å². The molecule has 0 fully saturated rings. The minimum absolute atomic E-state index is 0.0988. The summed E-state index contributed by atoms with van der Waals surface area (Å²) in [6, 6.07) is 8.64. The van der Waals surface area contributed by atoms with Gasteiger partial charge in [0.25, 0.3) is 0 Å². The van der Waals surface area contributed by atoms with Crippen molar-refractivity contribution in [3.8, 4) is 0 Å². The van der Waals surface area contributed by atoms with Gasteiger partial charge < -0.3 is 11.1 Å². The zero-order valence-electron chi connectivity index (χ0n) is 11.6. The maximum absolute atomic E-state index is 12.2. The second-order valence-electron chi connectivity index (χ2n) is 4.56. The zero-order valence-corrected chi connectivity index (χ0v) is 14.0. The summed E-state index contributed by atoms with van der Waals surface area (Å²) in [4.78, 5) is 1.14. The molecule has 2 rings (SSSR count). The Bertz CT molecular complexity index is 742. The molecule has 8 heteroatoms. The summed E-state index contributed by atoms with van der Waals surface area (Å²) in [5.41, 5.74) is 6.79. The molecular formula is C13H16ClN3O2S2. The highest BCUT2D eigenvalue weighted by Gasteiger charge is 2.21. The largest absolute Gasteiger partial charge is 0.396 e. The third-order valence-corrected chi connectivity index (χ3v) is 6.01. The predicted molar refractivity (Wildman–Crippen MR) is 88.4 cm³/mol. The lowest BCUT2D eigenvalue weighted by Crippen LogP contribution is -2.23. The van der Waals surface area contributed by atoms with Gasteiger partial charge in [0, 0.05) is 25.5 Å². The summed E-state index contributed by atoms with van der Waals surface area (Å²) in [6.45, 7) is 0.535. The van der Waals surface area contributed by atoms with Gasteiger partial charge in [-0.15, -0.1) is 11.3 Å². The fraction of sp³-hybridized carbons (Fsp3) is 0.231. The van der Waals surface area contributed by atoms with Crippen LogP contribution in [0.25, 0.3) is 0 Å². The molecule has 0 bridgehead atoms. The SMILES string of the molecule is CN(C)S(=O)(=O)c1cccc(NCc2ccc(Cl)s2)c1N. The molecule has 0 amide bonds. The van der Waals surface area contributed by atoms with Crippen molar-refractivity contribution in [3.63, 3.8) is 0 Å². The first-order chi connectivity index (χ1) is 9.82. The van der Waals surface area contributed by atoms with Gasteiger partial charge in [-0.1, -0.05) is 17.7 Å². The van der Waals surface area contributed by atoms with E-state index in [0.717, 1.165) is 9.18 Å². The van der Waals surface area contributed by atoms with Crippen LogP contribution in [-0.2, 0) is 16.6 Å². The molecule has 0 spiro atoms. The fourth-order valence-corrected chi connectivity index (χ4v) is 3.81. The molecule has 0 saturated carbocycles. The molecule has 3 N–H and O–H groups in total. The number of hydrogen-bond acceptors (Lipinski definition) is 5. The van der Waals surface area contributed by atoms with Gasteiger partial charge in [0.2, 0.25) is 10.0 Å². The lowest BCUT2D eigenvalue weighted by molar-refractivity contribution is 0.521. The van der Waals surface area contributed by atoms with Crippen LogP contribution in [0.1, 0.15) is 4.88 Å². The van der Waals surface area contributed by atoms with Crippen molar-refractivity contribution in [2.75, 3.05) is 25.1 Å². The highest BCUT2D eigenvalue weighted by Crippen LogP contribution is 2.29. The van der Waals surface area contributed by atoms with E-state index in [1.165, 1.54) is 31.5 Å². The summed E-state index contributed by atoms with van der Waals surface area (Å²) in [6.07, 6.45) is 0. The fourth-order valence-electron chi connectivity index (χ4n) is 1.75. The quantitative estimate of drug-likeness (QED) is 0.817. The van der Waals surface area contributed by atoms with Crippen LogP contribution in [0.4, 0.5) is 11.4 Å². The maximum Gasteiger partial charge on any atom is 0.244 e. The van der Waals surface area contributed by atoms with Crippen LogP contribution in [0.2, 0.25) is 4.34 Å². The van der Waals surface area contributed by atoms with Gasteiger partial charge in [0.1, 0.15) is 4.90 Å². The molecule has 1 heterocycles. The second kappa shape index (κ2) is 6.23. The Balaban J connectivity index is 2.26. The molecule has 0 radical (unpaired) electrons. The first-order valence-corrected chi connectivity index (χ1v) is 8.75. The summed E-state index contributed by atoms with van der Waals surface area (Å²) in [7, 11) is -0.610. The standard InChI is InChI=1S/C13H16ClN3O2S2/c1-17(2)21(18,19)11-5-3-4-10(13(11)15)16-8-9-6-7-12(14)20-9/h3-7,16H,8,15H2,1-2H3. The lowest BCUT2D eigenvalue weighted by atomic mass is 10.2. The zero-order chi connectivity index (χ0) is 15.6. The number of sulfonamides is 1. The number of benzene rings is 1. The number of anilines is 2. The van der Waals surface area contributed by atoms with E-state index >= 15 is 0 Å². The van der Waals surface area contributed by atoms with Gasteiger partial charge in [-0.25, -0.2) is 12.7 Å². The number of nitrogen functional groups attached to an aromatic ring is 1. The Morgan fingerprint density at radius 1 is 1.29 bits per heavy atom. The Kier molecular flexibility index (Phi) is 4.77. The van der Waals surface area contributed by atoms with Crippen molar-refractivity contribution in [1.82, 2.24) is 4.31 Å². The number of nitrogens with zero attached hydrogens (tertiary/aromatic N) is 1. The number of para-hydroxylation sites is 1. The Morgan fingerprint density at radius 3 is 2.57 bits per heavy atom. The lowest BCUT2D eigenvalue weighted by Gasteiger charge is -2.16. The highest BCUT2D eigenvalue weighted by atomic mass is 35.5. The van der Waals surface area contributed by atoms with Crippen LogP contribution in [-0.4, -0.2) is 26.8 Å². The molecule has 114 valence electrons. The monoisotopic (exact) mass is 345 g/mol. The van der Waals surface area contributed by atoms with E-state index in [0.29, 0.717) is 16.6 Å². The van der Waals surface area contributed by atoms with Gasteiger partial charge in [0.15, 0.2) is 0 Å². The molecule has 1 aromatic carbocycles. The summed E-state index contributed by atoms with van der Waals surface area (Å²) in [5, 5.41) is 3.14. The van der Waals surface area contributed by atoms with Crippen LogP contribution in [0.5, 0.6) is 0 Å². The minimum atomic E-state index is -3.56. The van der Waals surface area contributed by atoms with Crippen molar-refractivity contribution >= 4 is 44.3 Å². The Hall–Kier alpha value is -1.28. The molecular weight excluding hydrogens is 330 g/mol. The van der Waals surface area contributed by atoms with Crippen molar-refractivity contribution in [3.05, 3.63) is 39.5 Å². The van der Waals surface area contributed by atoms with Crippen molar-refractivity contribution in [2.24, 2.45) is 0 Å². The number of thiophene rings is 1. The van der Waals surface area contributed by atoms with Crippen LogP contribution >= 0.6 is 22.9 Å². The summed E-state index contributed by atoms with van der Waals surface area (Å²) in [5.74, 6) is 0. The molecule has 0 aliphatic rings. The molecule has 0 aliphatic heterocycles. The summed E-state index contributed by atoms with van der Waals surface area (Å²) < 4.78 is 26.2. The highest BCUT2D eigenvalue weighted by molar-refractivity contribution is 7.89. The molecule has 0 atom stereocenters. The molecule has 0 unspecified atom stereocenters. The van der Waals surface area contributed by atoms with Crippen LogP contribution < -0.4 is 11.1 Å². The van der Waals surface area contributed by atoms with E-state index in [1.807, 2.05) is 12.1 Å². The average molecular weight is 346 g/mol. The van der Waals surface area contributed by atoms with Gasteiger partial charge in [0.05, 0.1) is 15.7 Å². The number of hydrogen-bond donors (Lipinski definition) is 2. The maximum atomic E-state index is 12.2. The van der Waals surface area contributed by atoms with Gasteiger partial charge >= 0.3 is 0 Å². The smallest absolute Gasteiger partial charge is 0.244 e. The number of nitrogens with two attached hydrogens (primary N) is 1. The Labute approximate surface area is 133 Å². The van der Waals surface area contributed by atoms with Crippen LogP contribution in [0.3, 0.4) is 0 Å². The van der Waals surface area contributed by atoms with E-state index in [-0.39, 0.29) is 10.6 Å². The van der Waals surface area contributed by atoms with E-state index in [9.17, 15) is 8.42 Å². The molecule has 1 aromatic heterocycles. The Morgan fingerprint density at radius 2 is 2.00 bits per heavy atom. The topological polar surface area (TPSA) is 75.4 Å². The van der Waals surface area contributed by atoms with E-state index in [4.69, 9.17) is 17.3 Å². The van der Waals surface area contributed by atoms with Crippen LogP contribution in [0, 0.1) is 0 Å². The third-order valence-electron chi connectivity index (χ3n) is 2.91. The van der Waals surface area contributed by atoms with Crippen LogP contribution in [0.15, 0.2) is 35.2 Å². The average Bonchev–Trinajstić information content (AvgIpc) is 2.83. The first kappa shape index (κ1) is 16.1. The van der Waals surface area contributed by atoms with Gasteiger partial charge in [-0.2, -0.15) is 0 Å². The molecule has 2 aromatic rings. The number of halogens is 1. The predicted octanol–water partition coefficient (Wildman–Crippen LogP) is 2.85. The summed E-state index contributed by atoms with van der Waals surface area (Å²) >= 11 is 7.34. The van der Waals surface area contributed by atoms with E-state index in [1.54, 1.807) is 12.1 Å². The van der Waals surface area contributed by atoms with Gasteiger partial charge in [-0.3, -0.25) is 0 Å². The normalized spacial score (nSPS) is 11.8. The molecule has 5 nitrogen and oxygen atoms in total. The van der Waals surface area contributed by atoms with Gasteiger partial charge in [-0.05, 0) is 24.3 Å². The van der Waals surface area contributed by atoms with Crippen molar-refractivity contribution < 1.29 is 8.42 Å². The third kappa shape index (κ3) is 3.49. The van der Waals surface area contributed by atoms with E-state index in [2.05, 4.69) is 5.32 Å². The molecule has 0 saturated heterocycles. The first-order valence-electron chi connectivity index (χ1n) is 6.11. The second-order valence-corrected chi connectivity index (χ2v) is 8.48. The number of nitrogens with one attached hydrogen (secondary N) is 1. The number of rotatable bonds is 5. The minimum Gasteiger partial charge on any atom is -0.396 e. The van der Waals surface area contributed by atoms with Crippen molar-refractivity contribution in [1.29, 1.82) is 0 Å².